The van der Waals surface area contributed by atoms with E-state index < -0.39 is 0 Å². The van der Waals surface area contributed by atoms with E-state index in [9.17, 15) is 9.18 Å². The lowest BCUT2D eigenvalue weighted by Crippen LogP contribution is -2.23. The predicted molar refractivity (Wildman–Crippen MR) is 81.3 cm³/mol. The number of carbonyl (C=O) groups is 1. The Morgan fingerprint density at radius 3 is 2.81 bits per heavy atom. The van der Waals surface area contributed by atoms with E-state index in [0.29, 0.717) is 25.1 Å². The first-order valence-corrected chi connectivity index (χ1v) is 7.35. The number of hydrogen-bond donors (Lipinski definition) is 1. The molecule has 1 aromatic heterocycles. The van der Waals surface area contributed by atoms with Crippen molar-refractivity contribution in [2.75, 3.05) is 0 Å². The van der Waals surface area contributed by atoms with Crippen molar-refractivity contribution in [2.45, 2.75) is 39.3 Å². The van der Waals surface area contributed by atoms with Crippen molar-refractivity contribution in [3.05, 3.63) is 59.7 Å². The number of carbonyl (C=O) groups excluding carboxylic acids is 1. The number of unbranched alkanes of at least 4 members (excludes halogenated alkanes) is 1. The summed E-state index contributed by atoms with van der Waals surface area (Å²) in [5.41, 5.74) is 1.62. The summed E-state index contributed by atoms with van der Waals surface area (Å²) in [5.74, 6) is -0.139. The monoisotopic (exact) mass is 288 g/mol. The molecular formula is C17H21FN2O. The predicted octanol–water partition coefficient (Wildman–Crippen LogP) is 3.48. The van der Waals surface area contributed by atoms with Crippen molar-refractivity contribution in [2.24, 2.45) is 0 Å². The molecular weight excluding hydrogens is 267 g/mol. The number of benzene rings is 1. The summed E-state index contributed by atoms with van der Waals surface area (Å²) in [6.45, 7) is 3.01. The van der Waals surface area contributed by atoms with Crippen LogP contribution in [0.1, 0.15) is 37.4 Å². The van der Waals surface area contributed by atoms with Crippen molar-refractivity contribution in [1.82, 2.24) is 9.88 Å². The van der Waals surface area contributed by atoms with Gasteiger partial charge in [-0.3, -0.25) is 4.79 Å². The first-order valence-electron chi connectivity index (χ1n) is 7.35. The highest BCUT2D eigenvalue weighted by atomic mass is 19.1. The van der Waals surface area contributed by atoms with Crippen LogP contribution in [0.5, 0.6) is 0 Å². The Bertz CT molecular complexity index is 592. The minimum Gasteiger partial charge on any atom is -0.351 e. The van der Waals surface area contributed by atoms with Gasteiger partial charge in [0, 0.05) is 23.9 Å². The van der Waals surface area contributed by atoms with Gasteiger partial charge in [-0.25, -0.2) is 4.39 Å². The van der Waals surface area contributed by atoms with Gasteiger partial charge in [0.25, 0.3) is 0 Å². The second kappa shape index (κ2) is 7.62. The fourth-order valence-corrected chi connectivity index (χ4v) is 2.19. The van der Waals surface area contributed by atoms with E-state index in [4.69, 9.17) is 0 Å². The Balaban J connectivity index is 1.96. The molecule has 0 spiro atoms. The zero-order chi connectivity index (χ0) is 15.1. The van der Waals surface area contributed by atoms with Gasteiger partial charge < -0.3 is 9.88 Å². The molecule has 112 valence electrons. The van der Waals surface area contributed by atoms with Crippen LogP contribution in [0, 0.1) is 5.82 Å². The van der Waals surface area contributed by atoms with Gasteiger partial charge in [0.15, 0.2) is 0 Å². The summed E-state index contributed by atoms with van der Waals surface area (Å²) in [7, 11) is 0. The summed E-state index contributed by atoms with van der Waals surface area (Å²) in [5, 5.41) is 2.91. The van der Waals surface area contributed by atoms with E-state index in [2.05, 4.69) is 12.2 Å². The van der Waals surface area contributed by atoms with Crippen molar-refractivity contribution >= 4 is 5.91 Å². The molecule has 1 heterocycles. The first kappa shape index (κ1) is 15.3. The number of nitrogens with zero attached hydrogens (tertiary/aromatic N) is 1. The van der Waals surface area contributed by atoms with Crippen molar-refractivity contribution in [3.63, 3.8) is 0 Å². The van der Waals surface area contributed by atoms with Gasteiger partial charge in [0.2, 0.25) is 5.91 Å². The summed E-state index contributed by atoms with van der Waals surface area (Å²) in [6.07, 6.45) is 4.38. The molecule has 4 heteroatoms. The zero-order valence-electron chi connectivity index (χ0n) is 12.3. The van der Waals surface area contributed by atoms with Crippen molar-refractivity contribution in [3.8, 4) is 0 Å². The number of nitrogens with one attached hydrogen (secondary N) is 1. The third-order valence-electron chi connectivity index (χ3n) is 3.45. The number of halogens is 1. The van der Waals surface area contributed by atoms with Gasteiger partial charge >= 0.3 is 0 Å². The summed E-state index contributed by atoms with van der Waals surface area (Å²) in [6, 6.07) is 10.6. The largest absolute Gasteiger partial charge is 0.351 e. The Morgan fingerprint density at radius 2 is 2.05 bits per heavy atom. The minimum absolute atomic E-state index is 0.0653. The van der Waals surface area contributed by atoms with Crippen LogP contribution in [0.4, 0.5) is 4.39 Å². The fraction of sp³-hybridized carbons (Fsp3) is 0.353. The van der Waals surface area contributed by atoms with Gasteiger partial charge in [0.05, 0.1) is 13.1 Å². The molecule has 21 heavy (non-hydrogen) atoms. The maximum Gasteiger partial charge on any atom is 0.220 e. The Labute approximate surface area is 124 Å². The van der Waals surface area contributed by atoms with Crippen LogP contribution in [0.3, 0.4) is 0 Å². The van der Waals surface area contributed by atoms with Crippen LogP contribution in [0.2, 0.25) is 0 Å². The van der Waals surface area contributed by atoms with Gasteiger partial charge in [-0.15, -0.1) is 0 Å². The SMILES string of the molecule is CCCCC(=O)NCc1cccn1Cc1ccccc1F. The summed E-state index contributed by atoms with van der Waals surface area (Å²) < 4.78 is 15.6. The smallest absolute Gasteiger partial charge is 0.220 e. The van der Waals surface area contributed by atoms with Crippen LogP contribution >= 0.6 is 0 Å². The molecule has 1 aromatic carbocycles. The number of rotatable bonds is 7. The Kier molecular flexibility index (Phi) is 5.55. The van der Waals surface area contributed by atoms with Gasteiger partial charge in [-0.05, 0) is 24.6 Å². The average Bonchev–Trinajstić information content (AvgIpc) is 2.92. The molecule has 0 saturated heterocycles. The molecule has 2 aromatic rings. The molecule has 0 atom stereocenters. The van der Waals surface area contributed by atoms with Crippen LogP contribution in [0.25, 0.3) is 0 Å². The lowest BCUT2D eigenvalue weighted by molar-refractivity contribution is -0.121. The molecule has 0 aliphatic heterocycles. The van der Waals surface area contributed by atoms with Crippen molar-refractivity contribution in [1.29, 1.82) is 0 Å². The lowest BCUT2D eigenvalue weighted by atomic mass is 10.2. The molecule has 0 unspecified atom stereocenters. The van der Waals surface area contributed by atoms with Crippen molar-refractivity contribution < 1.29 is 9.18 Å². The lowest BCUT2D eigenvalue weighted by Gasteiger charge is -2.11. The van der Waals surface area contributed by atoms with Gasteiger partial charge in [0.1, 0.15) is 5.82 Å². The van der Waals surface area contributed by atoms with Gasteiger partial charge in [-0.2, -0.15) is 0 Å². The maximum atomic E-state index is 13.7. The number of amides is 1. The van der Waals surface area contributed by atoms with E-state index in [1.165, 1.54) is 6.07 Å². The molecule has 0 bridgehead atoms. The zero-order valence-corrected chi connectivity index (χ0v) is 12.3. The first-order chi connectivity index (χ1) is 10.2. The number of aromatic nitrogens is 1. The average molecular weight is 288 g/mol. The van der Waals surface area contributed by atoms with E-state index >= 15 is 0 Å². The molecule has 0 fully saturated rings. The summed E-state index contributed by atoms with van der Waals surface area (Å²) >= 11 is 0. The molecule has 3 nitrogen and oxygen atoms in total. The van der Waals surface area contributed by atoms with Gasteiger partial charge in [-0.1, -0.05) is 31.5 Å². The summed E-state index contributed by atoms with van der Waals surface area (Å²) in [4.78, 5) is 11.6. The Hall–Kier alpha value is -2.10. The van der Waals surface area contributed by atoms with E-state index in [1.54, 1.807) is 12.1 Å². The van der Waals surface area contributed by atoms with Crippen LogP contribution < -0.4 is 5.32 Å². The third-order valence-corrected chi connectivity index (χ3v) is 3.45. The van der Waals surface area contributed by atoms with Crippen LogP contribution in [-0.4, -0.2) is 10.5 Å². The number of hydrogen-bond acceptors (Lipinski definition) is 1. The normalized spacial score (nSPS) is 10.6. The topological polar surface area (TPSA) is 34.0 Å². The standard InChI is InChI=1S/C17H21FN2O/c1-2-3-10-17(21)19-12-15-8-6-11-20(15)13-14-7-4-5-9-16(14)18/h4-9,11H,2-3,10,12-13H2,1H3,(H,19,21). The minimum atomic E-state index is -0.205. The maximum absolute atomic E-state index is 13.7. The van der Waals surface area contributed by atoms with Crippen LogP contribution in [0.15, 0.2) is 42.6 Å². The molecule has 0 aliphatic carbocycles. The highest BCUT2D eigenvalue weighted by Crippen LogP contribution is 2.11. The fourth-order valence-electron chi connectivity index (χ4n) is 2.19. The molecule has 0 radical (unpaired) electrons. The quantitative estimate of drug-likeness (QED) is 0.831. The van der Waals surface area contributed by atoms with E-state index in [0.717, 1.165) is 18.5 Å². The second-order valence-electron chi connectivity index (χ2n) is 5.10. The molecule has 2 rings (SSSR count). The Morgan fingerprint density at radius 1 is 1.24 bits per heavy atom. The van der Waals surface area contributed by atoms with Crippen LogP contribution in [-0.2, 0) is 17.9 Å². The molecule has 1 amide bonds. The highest BCUT2D eigenvalue weighted by molar-refractivity contribution is 5.75. The van der Waals surface area contributed by atoms with E-state index in [1.807, 2.05) is 29.0 Å². The molecule has 0 aliphatic rings. The third kappa shape index (κ3) is 4.45. The molecule has 0 saturated carbocycles. The molecule has 1 N–H and O–H groups in total. The highest BCUT2D eigenvalue weighted by Gasteiger charge is 2.07. The van der Waals surface area contributed by atoms with E-state index in [-0.39, 0.29) is 11.7 Å². The second-order valence-corrected chi connectivity index (χ2v) is 5.10.